The number of hydrogen-bond acceptors (Lipinski definition) is 7. The molecule has 0 saturated carbocycles. The molecule has 0 aromatic carbocycles. The van der Waals surface area contributed by atoms with Crippen molar-refractivity contribution in [1.29, 1.82) is 0 Å². The Morgan fingerprint density at radius 2 is 2.10 bits per heavy atom. The minimum Gasteiger partial charge on any atom is -0.460 e. The largest absolute Gasteiger partial charge is 0.460 e. The van der Waals surface area contributed by atoms with Crippen LogP contribution in [0.1, 0.15) is 27.2 Å². The molecule has 108 valence electrons. The first-order chi connectivity index (χ1) is 9.58. The lowest BCUT2D eigenvalue weighted by Crippen LogP contribution is -2.19. The van der Waals surface area contributed by atoms with Crippen LogP contribution in [0.3, 0.4) is 0 Å². The number of rotatable bonds is 6. The van der Waals surface area contributed by atoms with E-state index in [4.69, 9.17) is 10.6 Å². The van der Waals surface area contributed by atoms with Gasteiger partial charge in [-0.15, -0.1) is 0 Å². The van der Waals surface area contributed by atoms with Gasteiger partial charge in [-0.2, -0.15) is 15.0 Å². The Labute approximate surface area is 117 Å². The summed E-state index contributed by atoms with van der Waals surface area (Å²) in [6.07, 6.45) is 5.89. The molecule has 0 fully saturated rings. The molecular weight excluding hydrogens is 258 g/mol. The van der Waals surface area contributed by atoms with E-state index in [0.717, 1.165) is 6.42 Å². The number of ether oxygens (including phenoxy) is 1. The molecule has 0 aliphatic heterocycles. The number of nitrogen functional groups attached to an aromatic ring is 1. The third kappa shape index (κ3) is 3.64. The fourth-order valence-corrected chi connectivity index (χ4v) is 1.85. The van der Waals surface area contributed by atoms with Gasteiger partial charge in [-0.05, 0) is 19.3 Å². The van der Waals surface area contributed by atoms with Crippen LogP contribution in [-0.4, -0.2) is 30.6 Å². The van der Waals surface area contributed by atoms with E-state index in [9.17, 15) is 0 Å². The van der Waals surface area contributed by atoms with Gasteiger partial charge in [-0.1, -0.05) is 13.8 Å². The lowest BCUT2D eigenvalue weighted by molar-refractivity contribution is 0.177. The number of hydrazine groups is 1. The number of imidazole rings is 1. The lowest BCUT2D eigenvalue weighted by atomic mass is 10.1. The first-order valence-corrected chi connectivity index (χ1v) is 6.46. The van der Waals surface area contributed by atoms with Gasteiger partial charge < -0.3 is 4.74 Å². The van der Waals surface area contributed by atoms with Crippen LogP contribution in [0.15, 0.2) is 18.7 Å². The molecule has 0 aliphatic carbocycles. The van der Waals surface area contributed by atoms with Crippen LogP contribution in [-0.2, 0) is 0 Å². The summed E-state index contributed by atoms with van der Waals surface area (Å²) < 4.78 is 7.37. The summed E-state index contributed by atoms with van der Waals surface area (Å²) >= 11 is 0. The minimum absolute atomic E-state index is 0.0126. The Morgan fingerprint density at radius 1 is 1.30 bits per heavy atom. The molecule has 1 atom stereocenters. The first kappa shape index (κ1) is 14.2. The van der Waals surface area contributed by atoms with Crippen molar-refractivity contribution in [2.75, 3.05) is 5.43 Å². The third-order valence-corrected chi connectivity index (χ3v) is 2.58. The standard InChI is InChI=1S/C12H19N7O/c1-8(2)6-9(3)20-12-16-10(18-13)15-11(17-12)19-5-4-14-7-19/h4-5,7-9H,6,13H2,1-3H3,(H,15,16,17,18). The van der Waals surface area contributed by atoms with E-state index in [0.29, 0.717) is 11.9 Å². The Kier molecular flexibility index (Phi) is 4.46. The highest BCUT2D eigenvalue weighted by Gasteiger charge is 2.12. The molecule has 0 saturated heterocycles. The molecular formula is C12H19N7O. The molecule has 1 unspecified atom stereocenters. The average molecular weight is 277 g/mol. The van der Waals surface area contributed by atoms with Gasteiger partial charge in [0.05, 0.1) is 6.10 Å². The van der Waals surface area contributed by atoms with E-state index in [2.05, 4.69) is 39.2 Å². The summed E-state index contributed by atoms with van der Waals surface area (Å²) in [5, 5.41) is 0. The molecule has 8 nitrogen and oxygen atoms in total. The van der Waals surface area contributed by atoms with E-state index in [-0.39, 0.29) is 18.1 Å². The van der Waals surface area contributed by atoms with Crippen molar-refractivity contribution in [3.63, 3.8) is 0 Å². The fraction of sp³-hybridized carbons (Fsp3) is 0.500. The van der Waals surface area contributed by atoms with E-state index in [1.54, 1.807) is 23.3 Å². The molecule has 2 aromatic rings. The van der Waals surface area contributed by atoms with E-state index >= 15 is 0 Å². The predicted molar refractivity (Wildman–Crippen MR) is 74.3 cm³/mol. The van der Waals surface area contributed by atoms with Crippen LogP contribution in [0.5, 0.6) is 6.01 Å². The van der Waals surface area contributed by atoms with Gasteiger partial charge >= 0.3 is 6.01 Å². The van der Waals surface area contributed by atoms with Crippen molar-refractivity contribution in [2.45, 2.75) is 33.3 Å². The number of aromatic nitrogens is 5. The molecule has 3 N–H and O–H groups in total. The summed E-state index contributed by atoms with van der Waals surface area (Å²) in [5.74, 6) is 6.55. The number of nitrogens with zero attached hydrogens (tertiary/aromatic N) is 5. The summed E-state index contributed by atoms with van der Waals surface area (Å²) in [4.78, 5) is 16.5. The van der Waals surface area contributed by atoms with Crippen molar-refractivity contribution in [3.05, 3.63) is 18.7 Å². The monoisotopic (exact) mass is 277 g/mol. The Balaban J connectivity index is 2.22. The maximum absolute atomic E-state index is 5.71. The average Bonchev–Trinajstić information content (AvgIpc) is 2.91. The highest BCUT2D eigenvalue weighted by molar-refractivity contribution is 5.28. The molecule has 2 rings (SSSR count). The van der Waals surface area contributed by atoms with Gasteiger partial charge in [0.2, 0.25) is 11.9 Å². The normalized spacial score (nSPS) is 12.4. The molecule has 0 radical (unpaired) electrons. The van der Waals surface area contributed by atoms with E-state index in [1.807, 2.05) is 6.92 Å². The van der Waals surface area contributed by atoms with E-state index < -0.39 is 0 Å². The molecule has 0 spiro atoms. The van der Waals surface area contributed by atoms with Crippen LogP contribution in [0.4, 0.5) is 5.95 Å². The van der Waals surface area contributed by atoms with Crippen LogP contribution >= 0.6 is 0 Å². The van der Waals surface area contributed by atoms with Gasteiger partial charge in [0, 0.05) is 12.4 Å². The Hall–Kier alpha value is -2.22. The lowest BCUT2D eigenvalue weighted by Gasteiger charge is -2.15. The smallest absolute Gasteiger partial charge is 0.323 e. The van der Waals surface area contributed by atoms with Crippen molar-refractivity contribution >= 4 is 5.95 Å². The number of anilines is 1. The second kappa shape index (κ2) is 6.29. The summed E-state index contributed by atoms with van der Waals surface area (Å²) in [6.45, 7) is 6.25. The maximum atomic E-state index is 5.71. The number of nitrogens with two attached hydrogens (primary N) is 1. The molecule has 0 amide bonds. The van der Waals surface area contributed by atoms with Crippen molar-refractivity contribution in [3.8, 4) is 12.0 Å². The zero-order chi connectivity index (χ0) is 14.5. The van der Waals surface area contributed by atoms with E-state index in [1.165, 1.54) is 0 Å². The molecule has 2 aromatic heterocycles. The summed E-state index contributed by atoms with van der Waals surface area (Å²) in [5.41, 5.74) is 2.41. The summed E-state index contributed by atoms with van der Waals surface area (Å²) in [6, 6.07) is 0.241. The Bertz CT molecular complexity index is 541. The zero-order valence-corrected chi connectivity index (χ0v) is 11.8. The fourth-order valence-electron chi connectivity index (χ4n) is 1.85. The number of hydrogen-bond donors (Lipinski definition) is 2. The Morgan fingerprint density at radius 3 is 2.70 bits per heavy atom. The van der Waals surface area contributed by atoms with Crippen molar-refractivity contribution in [1.82, 2.24) is 24.5 Å². The number of nitrogens with one attached hydrogen (secondary N) is 1. The van der Waals surface area contributed by atoms with Gasteiger partial charge in [-0.25, -0.2) is 10.8 Å². The van der Waals surface area contributed by atoms with Gasteiger partial charge in [-0.3, -0.25) is 9.99 Å². The topological polar surface area (TPSA) is 104 Å². The predicted octanol–water partition coefficient (Wildman–Crippen LogP) is 1.16. The highest BCUT2D eigenvalue weighted by Crippen LogP contribution is 2.14. The molecule has 0 aliphatic rings. The quantitative estimate of drug-likeness (QED) is 0.603. The first-order valence-electron chi connectivity index (χ1n) is 6.46. The molecule has 2 heterocycles. The molecule has 0 bridgehead atoms. The third-order valence-electron chi connectivity index (χ3n) is 2.58. The minimum atomic E-state index is 0.0126. The van der Waals surface area contributed by atoms with Crippen molar-refractivity contribution in [2.24, 2.45) is 11.8 Å². The van der Waals surface area contributed by atoms with Crippen LogP contribution < -0.4 is 16.0 Å². The van der Waals surface area contributed by atoms with Gasteiger partial charge in [0.15, 0.2) is 0 Å². The maximum Gasteiger partial charge on any atom is 0.323 e. The highest BCUT2D eigenvalue weighted by atomic mass is 16.5. The SMILES string of the molecule is CC(C)CC(C)Oc1nc(NN)nc(-n2ccnc2)n1. The molecule has 20 heavy (non-hydrogen) atoms. The van der Waals surface area contributed by atoms with Gasteiger partial charge in [0.25, 0.3) is 0 Å². The van der Waals surface area contributed by atoms with Crippen molar-refractivity contribution < 1.29 is 4.74 Å². The second-order valence-corrected chi connectivity index (χ2v) is 4.91. The van der Waals surface area contributed by atoms with Gasteiger partial charge in [0.1, 0.15) is 6.33 Å². The van der Waals surface area contributed by atoms with Crippen LogP contribution in [0.2, 0.25) is 0 Å². The summed E-state index contributed by atoms with van der Waals surface area (Å²) in [7, 11) is 0. The second-order valence-electron chi connectivity index (χ2n) is 4.91. The van der Waals surface area contributed by atoms with Crippen LogP contribution in [0, 0.1) is 5.92 Å². The zero-order valence-electron chi connectivity index (χ0n) is 11.8. The molecule has 8 heteroatoms. The van der Waals surface area contributed by atoms with Crippen LogP contribution in [0.25, 0.3) is 5.95 Å².